The Labute approximate surface area is 106 Å². The van der Waals surface area contributed by atoms with Gasteiger partial charge in [-0.25, -0.2) is 0 Å². The normalized spacial score (nSPS) is 12.2. The van der Waals surface area contributed by atoms with Gasteiger partial charge in [-0.3, -0.25) is 4.79 Å². The molecule has 6 N–H and O–H groups in total. The molecule has 7 heteroatoms. The summed E-state index contributed by atoms with van der Waals surface area (Å²) in [6.07, 6.45) is 0. The van der Waals surface area contributed by atoms with E-state index in [-0.39, 0.29) is 17.7 Å². The average Bonchev–Trinajstić information content (AvgIpc) is 2.24. The molecule has 0 saturated carbocycles. The lowest BCUT2D eigenvalue weighted by Crippen LogP contribution is -2.39. The molecule has 1 aromatic rings. The number of nitrogens with one attached hydrogen (secondary N) is 2. The molecule has 0 spiro atoms. The molecule has 0 fully saturated rings. The number of hydrogen-bond donors (Lipinski definition) is 4. The molecule has 1 heterocycles. The number of amides is 1. The van der Waals surface area contributed by atoms with Crippen molar-refractivity contribution in [2.24, 2.45) is 5.92 Å². The van der Waals surface area contributed by atoms with Gasteiger partial charge in [-0.1, -0.05) is 13.8 Å². The molecule has 0 saturated heterocycles. The van der Waals surface area contributed by atoms with Crippen molar-refractivity contribution in [1.29, 1.82) is 0 Å². The lowest BCUT2D eigenvalue weighted by atomic mass is 10.2. The van der Waals surface area contributed by atoms with Crippen molar-refractivity contribution in [1.82, 2.24) is 15.3 Å². The SMILES string of the molecule is CC(C)CNC(=O)C(C)Nc1cc(N)nc(N)n1. The Kier molecular flexibility index (Phi) is 4.70. The highest BCUT2D eigenvalue weighted by molar-refractivity contribution is 5.84. The highest BCUT2D eigenvalue weighted by atomic mass is 16.2. The summed E-state index contributed by atoms with van der Waals surface area (Å²) in [5.74, 6) is 1.09. The zero-order chi connectivity index (χ0) is 13.7. The van der Waals surface area contributed by atoms with Gasteiger partial charge < -0.3 is 22.1 Å². The number of anilines is 3. The third kappa shape index (κ3) is 4.44. The molecule has 0 aliphatic carbocycles. The number of rotatable bonds is 5. The van der Waals surface area contributed by atoms with E-state index in [2.05, 4.69) is 20.6 Å². The van der Waals surface area contributed by atoms with E-state index in [0.717, 1.165) is 0 Å². The number of carbonyl (C=O) groups is 1. The lowest BCUT2D eigenvalue weighted by molar-refractivity contribution is -0.121. The summed E-state index contributed by atoms with van der Waals surface area (Å²) in [7, 11) is 0. The smallest absolute Gasteiger partial charge is 0.242 e. The first-order valence-corrected chi connectivity index (χ1v) is 5.82. The quantitative estimate of drug-likeness (QED) is 0.595. The number of hydrogen-bond acceptors (Lipinski definition) is 6. The van der Waals surface area contributed by atoms with E-state index in [4.69, 9.17) is 11.5 Å². The summed E-state index contributed by atoms with van der Waals surface area (Å²) < 4.78 is 0. The molecule has 1 aromatic heterocycles. The van der Waals surface area contributed by atoms with Gasteiger partial charge in [-0.2, -0.15) is 9.97 Å². The third-order valence-corrected chi connectivity index (χ3v) is 2.21. The van der Waals surface area contributed by atoms with E-state index in [1.54, 1.807) is 6.92 Å². The van der Waals surface area contributed by atoms with Crippen molar-refractivity contribution in [2.45, 2.75) is 26.8 Å². The van der Waals surface area contributed by atoms with Crippen LogP contribution in [0.3, 0.4) is 0 Å². The van der Waals surface area contributed by atoms with Crippen LogP contribution in [0.5, 0.6) is 0 Å². The highest BCUT2D eigenvalue weighted by Gasteiger charge is 2.13. The van der Waals surface area contributed by atoms with Crippen LogP contribution in [0.15, 0.2) is 6.07 Å². The summed E-state index contributed by atoms with van der Waals surface area (Å²) in [6.45, 7) is 6.44. The second kappa shape index (κ2) is 6.04. The molecule has 1 atom stereocenters. The minimum absolute atomic E-state index is 0.0762. The summed E-state index contributed by atoms with van der Waals surface area (Å²) in [5, 5.41) is 5.75. The lowest BCUT2D eigenvalue weighted by Gasteiger charge is -2.15. The predicted molar refractivity (Wildman–Crippen MR) is 71.8 cm³/mol. The van der Waals surface area contributed by atoms with Gasteiger partial charge in [-0.05, 0) is 12.8 Å². The summed E-state index contributed by atoms with van der Waals surface area (Å²) in [5.41, 5.74) is 11.0. The van der Waals surface area contributed by atoms with Crippen molar-refractivity contribution in [2.75, 3.05) is 23.3 Å². The van der Waals surface area contributed by atoms with E-state index in [1.807, 2.05) is 13.8 Å². The van der Waals surface area contributed by atoms with Crippen molar-refractivity contribution >= 4 is 23.5 Å². The van der Waals surface area contributed by atoms with Gasteiger partial charge in [0.2, 0.25) is 11.9 Å². The first-order chi connectivity index (χ1) is 8.38. The molecule has 100 valence electrons. The summed E-state index contributed by atoms with van der Waals surface area (Å²) >= 11 is 0. The minimum atomic E-state index is -0.419. The Morgan fingerprint density at radius 3 is 2.56 bits per heavy atom. The van der Waals surface area contributed by atoms with E-state index < -0.39 is 6.04 Å². The van der Waals surface area contributed by atoms with Gasteiger partial charge in [0.15, 0.2) is 0 Å². The fourth-order valence-corrected chi connectivity index (χ4v) is 1.30. The third-order valence-electron chi connectivity index (χ3n) is 2.21. The van der Waals surface area contributed by atoms with Crippen LogP contribution in [0.2, 0.25) is 0 Å². The molecule has 0 aromatic carbocycles. The Balaban J connectivity index is 2.58. The zero-order valence-electron chi connectivity index (χ0n) is 10.9. The Morgan fingerprint density at radius 1 is 1.33 bits per heavy atom. The van der Waals surface area contributed by atoms with Gasteiger partial charge >= 0.3 is 0 Å². The fourth-order valence-electron chi connectivity index (χ4n) is 1.30. The van der Waals surface area contributed by atoms with E-state index in [0.29, 0.717) is 18.3 Å². The Bertz CT molecular complexity index is 400. The topological polar surface area (TPSA) is 119 Å². The Morgan fingerprint density at radius 2 is 2.00 bits per heavy atom. The summed E-state index contributed by atoms with van der Waals surface area (Å²) in [6, 6.07) is 1.11. The predicted octanol–water partition coefficient (Wildman–Crippen LogP) is 0.214. The fraction of sp³-hybridized carbons (Fsp3) is 0.545. The van der Waals surface area contributed by atoms with Gasteiger partial charge in [0.25, 0.3) is 0 Å². The molecule has 0 radical (unpaired) electrons. The molecular weight excluding hydrogens is 232 g/mol. The highest BCUT2D eigenvalue weighted by Crippen LogP contribution is 2.10. The van der Waals surface area contributed by atoms with Crippen LogP contribution in [0, 0.1) is 5.92 Å². The van der Waals surface area contributed by atoms with Gasteiger partial charge in [-0.15, -0.1) is 0 Å². The number of nitrogen functional groups attached to an aromatic ring is 2. The van der Waals surface area contributed by atoms with Crippen LogP contribution in [0.1, 0.15) is 20.8 Å². The van der Waals surface area contributed by atoms with E-state index >= 15 is 0 Å². The van der Waals surface area contributed by atoms with Crippen LogP contribution >= 0.6 is 0 Å². The molecule has 0 aliphatic rings. The van der Waals surface area contributed by atoms with Gasteiger partial charge in [0.1, 0.15) is 17.7 Å². The largest absolute Gasteiger partial charge is 0.383 e. The van der Waals surface area contributed by atoms with Crippen LogP contribution in [0.25, 0.3) is 0 Å². The molecule has 7 nitrogen and oxygen atoms in total. The van der Waals surface area contributed by atoms with Crippen molar-refractivity contribution in [3.63, 3.8) is 0 Å². The number of carbonyl (C=O) groups excluding carboxylic acids is 1. The molecule has 1 unspecified atom stereocenters. The number of nitrogens with two attached hydrogens (primary N) is 2. The van der Waals surface area contributed by atoms with Crippen LogP contribution in [-0.4, -0.2) is 28.5 Å². The van der Waals surface area contributed by atoms with Crippen molar-refractivity contribution < 1.29 is 4.79 Å². The monoisotopic (exact) mass is 252 g/mol. The van der Waals surface area contributed by atoms with E-state index in [1.165, 1.54) is 6.07 Å². The molecule has 1 amide bonds. The van der Waals surface area contributed by atoms with Crippen LogP contribution in [-0.2, 0) is 4.79 Å². The van der Waals surface area contributed by atoms with Gasteiger partial charge in [0, 0.05) is 12.6 Å². The first-order valence-electron chi connectivity index (χ1n) is 5.82. The first kappa shape index (κ1) is 14.0. The Hall–Kier alpha value is -2.05. The average molecular weight is 252 g/mol. The van der Waals surface area contributed by atoms with E-state index in [9.17, 15) is 4.79 Å². The zero-order valence-corrected chi connectivity index (χ0v) is 10.9. The number of aromatic nitrogens is 2. The molecular formula is C11H20N6O. The second-order valence-electron chi connectivity index (χ2n) is 4.54. The minimum Gasteiger partial charge on any atom is -0.383 e. The standard InChI is InChI=1S/C11H20N6O/c1-6(2)5-14-10(18)7(3)15-9-4-8(12)16-11(13)17-9/h4,6-7H,5H2,1-3H3,(H,14,18)(H5,12,13,15,16,17). The maximum atomic E-state index is 11.7. The molecule has 0 aliphatic heterocycles. The molecule has 0 bridgehead atoms. The summed E-state index contributed by atoms with van der Waals surface area (Å²) in [4.78, 5) is 19.4. The maximum Gasteiger partial charge on any atom is 0.242 e. The van der Waals surface area contributed by atoms with Crippen LogP contribution in [0.4, 0.5) is 17.6 Å². The van der Waals surface area contributed by atoms with Crippen molar-refractivity contribution in [3.8, 4) is 0 Å². The van der Waals surface area contributed by atoms with Crippen LogP contribution < -0.4 is 22.1 Å². The molecule has 18 heavy (non-hydrogen) atoms. The maximum absolute atomic E-state index is 11.7. The number of nitrogens with zero attached hydrogens (tertiary/aromatic N) is 2. The van der Waals surface area contributed by atoms with Crippen molar-refractivity contribution in [3.05, 3.63) is 6.07 Å². The second-order valence-corrected chi connectivity index (χ2v) is 4.54. The van der Waals surface area contributed by atoms with Gasteiger partial charge in [0.05, 0.1) is 0 Å². The molecule has 1 rings (SSSR count).